The molecule has 1 aliphatic carbocycles. The lowest BCUT2D eigenvalue weighted by atomic mass is 9.82. The molecule has 3 heteroatoms. The second-order valence-corrected chi connectivity index (χ2v) is 17.0. The van der Waals surface area contributed by atoms with Crippen molar-refractivity contribution in [2.45, 2.75) is 19.3 Å². The van der Waals surface area contributed by atoms with E-state index in [1.165, 1.54) is 77.2 Å². The van der Waals surface area contributed by atoms with E-state index in [4.69, 9.17) is 0 Å². The SMILES string of the molecule is CC1(C)c2ccccc2-c2ccc(N(c3ccc(-c4ccccc4)cc3)c3ccc(-c4ccc5c(c4)c4cc6c(ccn6-c6ccccc6)cc4n5-c4ccccc4)cc3)cc21. The quantitative estimate of drug-likeness (QED) is 0.157. The third-order valence-electron chi connectivity index (χ3n) is 13.1. The van der Waals surface area contributed by atoms with E-state index in [2.05, 4.69) is 252 Å². The number of rotatable bonds is 7. The summed E-state index contributed by atoms with van der Waals surface area (Å²) in [5.41, 5.74) is 19.3. The van der Waals surface area contributed by atoms with Gasteiger partial charge in [0.2, 0.25) is 0 Å². The molecule has 62 heavy (non-hydrogen) atoms. The standard InChI is InChI=1S/C59H43N3/c1-59(2)54-21-13-12-20-50(54)51-32-31-49(38-55(51)59)61(47-27-22-41(23-28-47)40-14-6-3-7-15-40)48-29-24-42(25-30-48)43-26-33-56-52(36-43)53-39-57-44(34-35-60(57)45-16-8-4-9-17-45)37-58(53)62(56)46-18-10-5-11-19-46/h3-39H,1-2H3. The second-order valence-electron chi connectivity index (χ2n) is 17.0. The lowest BCUT2D eigenvalue weighted by Crippen LogP contribution is -2.16. The number of hydrogen-bond acceptors (Lipinski definition) is 1. The van der Waals surface area contributed by atoms with E-state index in [-0.39, 0.29) is 5.41 Å². The van der Waals surface area contributed by atoms with Gasteiger partial charge in [-0.2, -0.15) is 0 Å². The van der Waals surface area contributed by atoms with Crippen molar-refractivity contribution < 1.29 is 0 Å². The van der Waals surface area contributed by atoms with Crippen LogP contribution < -0.4 is 4.90 Å². The van der Waals surface area contributed by atoms with Crippen molar-refractivity contribution in [1.29, 1.82) is 0 Å². The summed E-state index contributed by atoms with van der Waals surface area (Å²) in [4.78, 5) is 2.40. The molecule has 0 N–H and O–H groups in total. The molecule has 0 amide bonds. The highest BCUT2D eigenvalue weighted by atomic mass is 15.1. The maximum Gasteiger partial charge on any atom is 0.0548 e. The molecule has 0 saturated carbocycles. The number of nitrogens with zero attached hydrogens (tertiary/aromatic N) is 3. The topological polar surface area (TPSA) is 13.1 Å². The van der Waals surface area contributed by atoms with Gasteiger partial charge >= 0.3 is 0 Å². The Bertz CT molecular complexity index is 3450. The van der Waals surface area contributed by atoms with Gasteiger partial charge in [0.05, 0.1) is 16.6 Å². The molecule has 3 nitrogen and oxygen atoms in total. The first-order chi connectivity index (χ1) is 30.5. The third-order valence-corrected chi connectivity index (χ3v) is 13.1. The highest BCUT2D eigenvalue weighted by Gasteiger charge is 2.35. The van der Waals surface area contributed by atoms with Crippen LogP contribution in [0.1, 0.15) is 25.0 Å². The van der Waals surface area contributed by atoms with Gasteiger partial charge in [-0.3, -0.25) is 0 Å². The van der Waals surface area contributed by atoms with Gasteiger partial charge in [0.15, 0.2) is 0 Å². The van der Waals surface area contributed by atoms with E-state index in [1.54, 1.807) is 0 Å². The van der Waals surface area contributed by atoms with Crippen molar-refractivity contribution in [2.75, 3.05) is 4.90 Å². The first-order valence-electron chi connectivity index (χ1n) is 21.5. The van der Waals surface area contributed by atoms with Crippen LogP contribution in [0.2, 0.25) is 0 Å². The van der Waals surface area contributed by atoms with Crippen LogP contribution in [0, 0.1) is 0 Å². The van der Waals surface area contributed by atoms with Crippen LogP contribution in [0.3, 0.4) is 0 Å². The summed E-state index contributed by atoms with van der Waals surface area (Å²) in [6.07, 6.45) is 2.18. The molecule has 12 rings (SSSR count). The molecule has 1 aliphatic rings. The summed E-state index contributed by atoms with van der Waals surface area (Å²) < 4.78 is 4.71. The van der Waals surface area contributed by atoms with Gasteiger partial charge in [0.1, 0.15) is 0 Å². The first kappa shape index (κ1) is 36.0. The summed E-state index contributed by atoms with van der Waals surface area (Å²) in [6, 6.07) is 79.9. The molecule has 0 fully saturated rings. The molecule has 0 spiro atoms. The molecule has 0 bridgehead atoms. The second kappa shape index (κ2) is 14.1. The molecule has 0 atom stereocenters. The number of anilines is 3. The minimum absolute atomic E-state index is 0.104. The van der Waals surface area contributed by atoms with Gasteiger partial charge in [0, 0.05) is 56.2 Å². The fraction of sp³-hybridized carbons (Fsp3) is 0.0508. The van der Waals surface area contributed by atoms with E-state index in [1.807, 2.05) is 0 Å². The zero-order valence-electron chi connectivity index (χ0n) is 34.7. The van der Waals surface area contributed by atoms with Gasteiger partial charge in [-0.15, -0.1) is 0 Å². The van der Waals surface area contributed by atoms with Crippen LogP contribution >= 0.6 is 0 Å². The van der Waals surface area contributed by atoms with E-state index in [0.29, 0.717) is 0 Å². The highest BCUT2D eigenvalue weighted by Crippen LogP contribution is 2.51. The molecule has 0 unspecified atom stereocenters. The molecular weight excluding hydrogens is 751 g/mol. The van der Waals surface area contributed by atoms with E-state index in [9.17, 15) is 0 Å². The molecule has 0 aliphatic heterocycles. The van der Waals surface area contributed by atoms with Crippen molar-refractivity contribution in [3.63, 3.8) is 0 Å². The molecule has 11 aromatic rings. The normalized spacial score (nSPS) is 12.8. The van der Waals surface area contributed by atoms with Crippen molar-refractivity contribution in [3.8, 4) is 44.8 Å². The highest BCUT2D eigenvalue weighted by molar-refractivity contribution is 6.14. The lowest BCUT2D eigenvalue weighted by molar-refractivity contribution is 0.660. The van der Waals surface area contributed by atoms with Crippen LogP contribution in [-0.4, -0.2) is 9.13 Å². The maximum atomic E-state index is 2.41. The van der Waals surface area contributed by atoms with Crippen LogP contribution in [0.4, 0.5) is 17.1 Å². The van der Waals surface area contributed by atoms with Gasteiger partial charge in [-0.1, -0.05) is 141 Å². The summed E-state index contributed by atoms with van der Waals surface area (Å²) in [5.74, 6) is 0. The average Bonchev–Trinajstić information content (AvgIpc) is 3.97. The fourth-order valence-corrected chi connectivity index (χ4v) is 10.0. The molecule has 294 valence electrons. The van der Waals surface area contributed by atoms with Crippen LogP contribution in [0.15, 0.2) is 225 Å². The Labute approximate surface area is 362 Å². The van der Waals surface area contributed by atoms with Gasteiger partial charge in [0.25, 0.3) is 0 Å². The lowest BCUT2D eigenvalue weighted by Gasteiger charge is -2.28. The van der Waals surface area contributed by atoms with E-state index in [0.717, 1.165) is 28.4 Å². The van der Waals surface area contributed by atoms with Crippen molar-refractivity contribution in [2.24, 2.45) is 0 Å². The zero-order valence-corrected chi connectivity index (χ0v) is 34.7. The number of aromatic nitrogens is 2. The third kappa shape index (κ3) is 5.73. The Morgan fingerprint density at radius 3 is 1.63 bits per heavy atom. The number of fused-ring (bicyclic) bond motifs is 7. The summed E-state index contributed by atoms with van der Waals surface area (Å²) >= 11 is 0. The Kier molecular flexibility index (Phi) is 8.20. The number of hydrogen-bond donors (Lipinski definition) is 0. The van der Waals surface area contributed by atoms with Crippen LogP contribution in [0.25, 0.3) is 77.5 Å². The predicted molar refractivity (Wildman–Crippen MR) is 261 cm³/mol. The van der Waals surface area contributed by atoms with Crippen LogP contribution in [-0.2, 0) is 5.41 Å². The fourth-order valence-electron chi connectivity index (χ4n) is 10.0. The van der Waals surface area contributed by atoms with E-state index >= 15 is 0 Å². The average molecular weight is 794 g/mol. The zero-order chi connectivity index (χ0) is 41.4. The summed E-state index contributed by atoms with van der Waals surface area (Å²) in [5, 5.41) is 3.68. The molecule has 2 aromatic heterocycles. The summed E-state index contributed by atoms with van der Waals surface area (Å²) in [7, 11) is 0. The van der Waals surface area contributed by atoms with E-state index < -0.39 is 0 Å². The molecular formula is C59H43N3. The minimum atomic E-state index is -0.104. The largest absolute Gasteiger partial charge is 0.317 e. The Balaban J connectivity index is 0.979. The van der Waals surface area contributed by atoms with Gasteiger partial charge in [-0.05, 0) is 136 Å². The van der Waals surface area contributed by atoms with Crippen LogP contribution in [0.5, 0.6) is 0 Å². The van der Waals surface area contributed by atoms with Crippen molar-refractivity contribution >= 4 is 49.8 Å². The minimum Gasteiger partial charge on any atom is -0.317 e. The number of para-hydroxylation sites is 2. The van der Waals surface area contributed by atoms with Gasteiger partial charge < -0.3 is 14.0 Å². The predicted octanol–water partition coefficient (Wildman–Crippen LogP) is 15.8. The Morgan fingerprint density at radius 1 is 0.371 bits per heavy atom. The monoisotopic (exact) mass is 793 g/mol. The Morgan fingerprint density at radius 2 is 0.919 bits per heavy atom. The summed E-state index contributed by atoms with van der Waals surface area (Å²) in [6.45, 7) is 4.71. The maximum absolute atomic E-state index is 2.41. The van der Waals surface area contributed by atoms with Crippen molar-refractivity contribution in [3.05, 3.63) is 236 Å². The molecule has 0 saturated heterocycles. The molecule has 9 aromatic carbocycles. The van der Waals surface area contributed by atoms with Crippen molar-refractivity contribution in [1.82, 2.24) is 9.13 Å². The molecule has 0 radical (unpaired) electrons. The number of benzene rings is 9. The Hall–Kier alpha value is -7.88. The molecule has 2 heterocycles. The van der Waals surface area contributed by atoms with Gasteiger partial charge in [-0.25, -0.2) is 0 Å². The first-order valence-corrected chi connectivity index (χ1v) is 21.5. The smallest absolute Gasteiger partial charge is 0.0548 e.